The Bertz CT molecular complexity index is 457. The van der Waals surface area contributed by atoms with Crippen LogP contribution in [0.2, 0.25) is 0 Å². The third kappa shape index (κ3) is 1.65. The zero-order chi connectivity index (χ0) is 10.4. The lowest BCUT2D eigenvalue weighted by molar-refractivity contribution is 0.591. The Hall–Kier alpha value is -1.30. The van der Waals surface area contributed by atoms with Gasteiger partial charge in [-0.3, -0.25) is 4.72 Å². The molecule has 0 saturated carbocycles. The molecule has 2 N–H and O–H groups in total. The van der Waals surface area contributed by atoms with Gasteiger partial charge in [-0.1, -0.05) is 19.9 Å². The minimum Gasteiger partial charge on any atom is -0.345 e. The van der Waals surface area contributed by atoms with Crippen LogP contribution in [0.4, 0.5) is 0 Å². The van der Waals surface area contributed by atoms with E-state index in [0.29, 0.717) is 11.5 Å². The van der Waals surface area contributed by atoms with Crippen LogP contribution in [0.25, 0.3) is 0 Å². The molecule has 76 valence electrons. The Morgan fingerprint density at radius 1 is 1.43 bits per heavy atom. The SMILES string of the molecule is CC1(C)C=CNC2=NS(=O)(=O)NC2=C1. The maximum Gasteiger partial charge on any atom is 0.344 e. The molecular formula is C8H11N3O2S. The molecule has 0 unspecified atom stereocenters. The van der Waals surface area contributed by atoms with Crippen molar-refractivity contribution in [3.05, 3.63) is 24.0 Å². The fourth-order valence-electron chi connectivity index (χ4n) is 1.34. The summed E-state index contributed by atoms with van der Waals surface area (Å²) in [5, 5.41) is 2.81. The van der Waals surface area contributed by atoms with Crippen LogP contribution in [0.3, 0.4) is 0 Å². The van der Waals surface area contributed by atoms with Crippen LogP contribution in [0.1, 0.15) is 13.8 Å². The van der Waals surface area contributed by atoms with Gasteiger partial charge in [-0.05, 0) is 12.3 Å². The highest BCUT2D eigenvalue weighted by Crippen LogP contribution is 2.24. The molecule has 0 bridgehead atoms. The van der Waals surface area contributed by atoms with E-state index in [1.165, 1.54) is 0 Å². The average molecular weight is 213 g/mol. The Morgan fingerprint density at radius 2 is 2.14 bits per heavy atom. The van der Waals surface area contributed by atoms with Crippen LogP contribution < -0.4 is 10.0 Å². The molecule has 0 amide bonds. The summed E-state index contributed by atoms with van der Waals surface area (Å²) in [4.78, 5) is 0. The van der Waals surface area contributed by atoms with Gasteiger partial charge in [-0.15, -0.1) is 4.40 Å². The molecule has 6 heteroatoms. The predicted octanol–water partition coefficient (Wildman–Crippen LogP) is 0.260. The molecule has 0 aromatic carbocycles. The van der Waals surface area contributed by atoms with Gasteiger partial charge in [0.15, 0.2) is 5.84 Å². The number of amidine groups is 1. The van der Waals surface area contributed by atoms with E-state index < -0.39 is 10.2 Å². The lowest BCUT2D eigenvalue weighted by Crippen LogP contribution is -2.22. The van der Waals surface area contributed by atoms with E-state index >= 15 is 0 Å². The largest absolute Gasteiger partial charge is 0.345 e. The molecular weight excluding hydrogens is 202 g/mol. The number of rotatable bonds is 0. The van der Waals surface area contributed by atoms with E-state index in [1.807, 2.05) is 26.0 Å². The Morgan fingerprint density at radius 3 is 2.86 bits per heavy atom. The van der Waals surface area contributed by atoms with Crippen molar-refractivity contribution in [2.45, 2.75) is 13.8 Å². The second-order valence-electron chi connectivity index (χ2n) is 3.87. The minimum absolute atomic E-state index is 0.188. The monoisotopic (exact) mass is 213 g/mol. The second-order valence-corrected chi connectivity index (χ2v) is 5.21. The van der Waals surface area contributed by atoms with E-state index in [-0.39, 0.29) is 5.41 Å². The van der Waals surface area contributed by atoms with Gasteiger partial charge in [0.05, 0.1) is 5.70 Å². The first kappa shape index (κ1) is 9.26. The molecule has 0 saturated heterocycles. The van der Waals surface area contributed by atoms with Gasteiger partial charge in [0.1, 0.15) is 0 Å². The number of hydrogen-bond acceptors (Lipinski definition) is 3. The summed E-state index contributed by atoms with van der Waals surface area (Å²) < 4.78 is 28.1. The Labute approximate surface area is 82.8 Å². The maximum absolute atomic E-state index is 11.1. The van der Waals surface area contributed by atoms with Gasteiger partial charge >= 0.3 is 10.2 Å². The highest BCUT2D eigenvalue weighted by molar-refractivity contribution is 7.88. The second kappa shape index (κ2) is 2.60. The first-order valence-electron chi connectivity index (χ1n) is 4.18. The summed E-state index contributed by atoms with van der Waals surface area (Å²) in [6.45, 7) is 3.96. The van der Waals surface area contributed by atoms with Crippen molar-refractivity contribution >= 4 is 16.0 Å². The Kier molecular flexibility index (Phi) is 1.72. The Balaban J connectivity index is 2.50. The van der Waals surface area contributed by atoms with Crippen LogP contribution in [0.5, 0.6) is 0 Å². The summed E-state index contributed by atoms with van der Waals surface area (Å²) in [6, 6.07) is 0. The molecule has 2 aliphatic heterocycles. The molecule has 5 nitrogen and oxygen atoms in total. The molecule has 0 radical (unpaired) electrons. The number of hydrogen-bond donors (Lipinski definition) is 2. The zero-order valence-corrected chi connectivity index (χ0v) is 8.72. The molecule has 0 fully saturated rings. The van der Waals surface area contributed by atoms with Crippen LogP contribution in [0, 0.1) is 5.41 Å². The summed E-state index contributed by atoms with van der Waals surface area (Å²) >= 11 is 0. The van der Waals surface area contributed by atoms with E-state index in [1.54, 1.807) is 6.20 Å². The van der Waals surface area contributed by atoms with Crippen LogP contribution in [0.15, 0.2) is 28.4 Å². The minimum atomic E-state index is -3.52. The van der Waals surface area contributed by atoms with Crippen molar-refractivity contribution in [1.29, 1.82) is 0 Å². The molecule has 2 aliphatic rings. The molecule has 14 heavy (non-hydrogen) atoms. The third-order valence-electron chi connectivity index (χ3n) is 1.95. The standard InChI is InChI=1S/C8H11N3O2S/c1-8(2)3-4-9-7-6(5-8)10-14(12,13)11-7/h3-5,10H,1-2H3,(H,9,11). The van der Waals surface area contributed by atoms with Crippen molar-refractivity contribution in [1.82, 2.24) is 10.0 Å². The van der Waals surface area contributed by atoms with Crippen molar-refractivity contribution in [2.75, 3.05) is 0 Å². The molecule has 0 aromatic rings. The molecule has 0 aliphatic carbocycles. The van der Waals surface area contributed by atoms with Gasteiger partial charge in [0.25, 0.3) is 0 Å². The maximum atomic E-state index is 11.1. The van der Waals surface area contributed by atoms with E-state index in [2.05, 4.69) is 14.4 Å². The smallest absolute Gasteiger partial charge is 0.344 e. The highest BCUT2D eigenvalue weighted by atomic mass is 32.2. The molecule has 0 atom stereocenters. The summed E-state index contributed by atoms with van der Waals surface area (Å²) in [7, 11) is -3.52. The fraction of sp³-hybridized carbons (Fsp3) is 0.375. The average Bonchev–Trinajstić information content (AvgIpc) is 2.16. The normalized spacial score (nSPS) is 26.4. The quantitative estimate of drug-likeness (QED) is 0.606. The lowest BCUT2D eigenvalue weighted by atomic mass is 9.93. The highest BCUT2D eigenvalue weighted by Gasteiger charge is 2.27. The third-order valence-corrected chi connectivity index (χ3v) is 2.86. The summed E-state index contributed by atoms with van der Waals surface area (Å²) in [6.07, 6.45) is 5.47. The van der Waals surface area contributed by atoms with Gasteiger partial charge in [-0.2, -0.15) is 8.42 Å². The van der Waals surface area contributed by atoms with E-state index in [9.17, 15) is 8.42 Å². The van der Waals surface area contributed by atoms with Crippen LogP contribution >= 0.6 is 0 Å². The van der Waals surface area contributed by atoms with E-state index in [0.717, 1.165) is 0 Å². The van der Waals surface area contributed by atoms with Crippen molar-refractivity contribution in [3.8, 4) is 0 Å². The fourth-order valence-corrected chi connectivity index (χ4v) is 2.21. The predicted molar refractivity (Wildman–Crippen MR) is 53.6 cm³/mol. The van der Waals surface area contributed by atoms with Gasteiger partial charge in [0, 0.05) is 5.41 Å². The number of nitrogens with zero attached hydrogens (tertiary/aromatic N) is 1. The van der Waals surface area contributed by atoms with Gasteiger partial charge in [0.2, 0.25) is 0 Å². The molecule has 0 aromatic heterocycles. The summed E-state index contributed by atoms with van der Waals surface area (Å²) in [5.41, 5.74) is 0.326. The lowest BCUT2D eigenvalue weighted by Gasteiger charge is -2.13. The van der Waals surface area contributed by atoms with Gasteiger partial charge in [-0.25, -0.2) is 0 Å². The number of allylic oxidation sites excluding steroid dienone is 2. The molecule has 0 spiro atoms. The van der Waals surface area contributed by atoms with Crippen LogP contribution in [-0.2, 0) is 10.2 Å². The first-order chi connectivity index (χ1) is 6.38. The summed E-state index contributed by atoms with van der Waals surface area (Å²) in [5.74, 6) is 0.354. The first-order valence-corrected chi connectivity index (χ1v) is 5.62. The van der Waals surface area contributed by atoms with Crippen molar-refractivity contribution in [3.63, 3.8) is 0 Å². The zero-order valence-electron chi connectivity index (χ0n) is 7.90. The molecule has 2 heterocycles. The topological polar surface area (TPSA) is 70.6 Å². The van der Waals surface area contributed by atoms with Gasteiger partial charge < -0.3 is 5.32 Å². The van der Waals surface area contributed by atoms with Crippen molar-refractivity contribution in [2.24, 2.45) is 9.81 Å². The number of fused-ring (bicyclic) bond motifs is 1. The van der Waals surface area contributed by atoms with Crippen molar-refractivity contribution < 1.29 is 8.42 Å². The van der Waals surface area contributed by atoms with E-state index in [4.69, 9.17) is 0 Å². The van der Waals surface area contributed by atoms with Crippen LogP contribution in [-0.4, -0.2) is 14.3 Å². The number of nitrogens with one attached hydrogen (secondary N) is 2. The molecule has 2 rings (SSSR count).